The maximum atomic E-state index is 13.0. The summed E-state index contributed by atoms with van der Waals surface area (Å²) in [6, 6.07) is 17.3. The third kappa shape index (κ3) is 4.83. The van der Waals surface area contributed by atoms with Crippen molar-refractivity contribution >= 4 is 33.2 Å². The molecule has 0 saturated heterocycles. The number of sulfonamides is 1. The third-order valence-corrected chi connectivity index (χ3v) is 6.88. The third-order valence-electron chi connectivity index (χ3n) is 5.03. The Labute approximate surface area is 182 Å². The summed E-state index contributed by atoms with van der Waals surface area (Å²) in [5, 5.41) is 2.87. The number of amides is 1. The van der Waals surface area contributed by atoms with E-state index < -0.39 is 10.0 Å². The number of carbonyl (C=O) groups excluding carboxylic acids is 1. The van der Waals surface area contributed by atoms with Crippen LogP contribution in [-0.2, 0) is 16.6 Å². The van der Waals surface area contributed by atoms with E-state index in [0.29, 0.717) is 12.2 Å². The highest BCUT2D eigenvalue weighted by Gasteiger charge is 2.21. The molecule has 156 valence electrons. The summed E-state index contributed by atoms with van der Waals surface area (Å²) in [7, 11) is -3.98. The lowest BCUT2D eigenvalue weighted by atomic mass is 10.1. The van der Waals surface area contributed by atoms with E-state index in [0.717, 1.165) is 22.3 Å². The van der Waals surface area contributed by atoms with Gasteiger partial charge in [0, 0.05) is 12.1 Å². The van der Waals surface area contributed by atoms with Gasteiger partial charge in [0.15, 0.2) is 0 Å². The first-order valence-corrected chi connectivity index (χ1v) is 11.3. The number of nitrogens with one attached hydrogen (secondary N) is 2. The van der Waals surface area contributed by atoms with Gasteiger partial charge in [-0.1, -0.05) is 48.0 Å². The van der Waals surface area contributed by atoms with Gasteiger partial charge in [0.05, 0.1) is 10.7 Å². The van der Waals surface area contributed by atoms with Crippen molar-refractivity contribution in [2.24, 2.45) is 0 Å². The maximum absolute atomic E-state index is 13.0. The Hall–Kier alpha value is -2.83. The second kappa shape index (κ2) is 8.90. The Morgan fingerprint density at radius 2 is 1.63 bits per heavy atom. The second-order valence-corrected chi connectivity index (χ2v) is 9.17. The molecule has 3 rings (SSSR count). The number of anilines is 1. The van der Waals surface area contributed by atoms with Crippen molar-refractivity contribution < 1.29 is 13.2 Å². The largest absolute Gasteiger partial charge is 0.348 e. The number of carbonyl (C=O) groups is 1. The molecule has 0 aliphatic heterocycles. The van der Waals surface area contributed by atoms with Crippen LogP contribution in [0, 0.1) is 20.8 Å². The van der Waals surface area contributed by atoms with E-state index in [9.17, 15) is 13.2 Å². The van der Waals surface area contributed by atoms with E-state index in [-0.39, 0.29) is 21.4 Å². The lowest BCUT2D eigenvalue weighted by Gasteiger charge is -2.14. The minimum atomic E-state index is -3.98. The highest BCUT2D eigenvalue weighted by Crippen LogP contribution is 2.27. The average molecular weight is 443 g/mol. The number of hydrogen-bond acceptors (Lipinski definition) is 3. The molecule has 3 aromatic carbocycles. The maximum Gasteiger partial charge on any atom is 0.263 e. The normalized spacial score (nSPS) is 11.2. The van der Waals surface area contributed by atoms with Crippen LogP contribution in [0.1, 0.15) is 32.6 Å². The molecule has 7 heteroatoms. The molecule has 0 aliphatic rings. The fraction of sp³-hybridized carbons (Fsp3) is 0.174. The summed E-state index contributed by atoms with van der Waals surface area (Å²) in [4.78, 5) is 12.5. The molecule has 1 amide bonds. The standard InChI is InChI=1S/C23H23ClN2O3S/c1-15-8-6-10-21(17(15)3)26-30(28,29)22-13-18(11-12-20(22)24)23(27)25-14-19-9-5-4-7-16(19)2/h4-13,26H,14H2,1-3H3,(H,25,27). The molecule has 30 heavy (non-hydrogen) atoms. The van der Waals surface area contributed by atoms with Crippen molar-refractivity contribution in [3.05, 3.63) is 93.5 Å². The van der Waals surface area contributed by atoms with Crippen LogP contribution < -0.4 is 10.0 Å². The highest BCUT2D eigenvalue weighted by molar-refractivity contribution is 7.92. The first kappa shape index (κ1) is 21.9. The molecule has 0 spiro atoms. The van der Waals surface area contributed by atoms with Crippen LogP contribution in [0.5, 0.6) is 0 Å². The molecule has 0 fully saturated rings. The number of rotatable bonds is 6. The van der Waals surface area contributed by atoms with Gasteiger partial charge in [-0.05, 0) is 67.3 Å². The smallest absolute Gasteiger partial charge is 0.263 e. The van der Waals surface area contributed by atoms with Crippen molar-refractivity contribution in [2.45, 2.75) is 32.2 Å². The Balaban J connectivity index is 1.84. The second-order valence-electron chi connectivity index (χ2n) is 7.11. The lowest BCUT2D eigenvalue weighted by molar-refractivity contribution is 0.0950. The molecule has 0 radical (unpaired) electrons. The Bertz CT molecular complexity index is 1210. The predicted molar refractivity (Wildman–Crippen MR) is 121 cm³/mol. The molecule has 3 aromatic rings. The van der Waals surface area contributed by atoms with Crippen molar-refractivity contribution in [1.29, 1.82) is 0 Å². The zero-order valence-electron chi connectivity index (χ0n) is 17.0. The summed E-state index contributed by atoms with van der Waals surface area (Å²) in [6.45, 7) is 6.05. The van der Waals surface area contributed by atoms with Crippen molar-refractivity contribution in [2.75, 3.05) is 4.72 Å². The van der Waals surface area contributed by atoms with Gasteiger partial charge in [0.25, 0.3) is 15.9 Å². The van der Waals surface area contributed by atoms with Crippen LogP contribution >= 0.6 is 11.6 Å². The quantitative estimate of drug-likeness (QED) is 0.564. The van der Waals surface area contributed by atoms with Crippen molar-refractivity contribution in [3.8, 4) is 0 Å². The van der Waals surface area contributed by atoms with Crippen LogP contribution in [0.3, 0.4) is 0 Å². The first-order valence-electron chi connectivity index (χ1n) is 9.40. The molecular formula is C23H23ClN2O3S. The summed E-state index contributed by atoms with van der Waals surface area (Å²) in [6.07, 6.45) is 0. The first-order chi connectivity index (χ1) is 14.2. The number of benzene rings is 3. The van der Waals surface area contributed by atoms with Crippen molar-refractivity contribution in [3.63, 3.8) is 0 Å². The van der Waals surface area contributed by atoms with Gasteiger partial charge in [-0.25, -0.2) is 8.42 Å². The van der Waals surface area contributed by atoms with E-state index in [1.54, 1.807) is 12.1 Å². The molecule has 2 N–H and O–H groups in total. The van der Waals surface area contributed by atoms with Gasteiger partial charge in [0.2, 0.25) is 0 Å². The van der Waals surface area contributed by atoms with E-state index in [4.69, 9.17) is 11.6 Å². The van der Waals surface area contributed by atoms with Gasteiger partial charge in [-0.2, -0.15) is 0 Å². The monoisotopic (exact) mass is 442 g/mol. The zero-order chi connectivity index (χ0) is 21.9. The Morgan fingerprint density at radius 1 is 0.933 bits per heavy atom. The van der Waals surface area contributed by atoms with E-state index in [1.165, 1.54) is 18.2 Å². The zero-order valence-corrected chi connectivity index (χ0v) is 18.6. The summed E-state index contributed by atoms with van der Waals surface area (Å²) in [5.74, 6) is -0.377. The Morgan fingerprint density at radius 3 is 2.37 bits per heavy atom. The Kier molecular flexibility index (Phi) is 6.48. The van der Waals surface area contributed by atoms with E-state index >= 15 is 0 Å². The average Bonchev–Trinajstić information content (AvgIpc) is 2.70. The lowest BCUT2D eigenvalue weighted by Crippen LogP contribution is -2.24. The SMILES string of the molecule is Cc1ccccc1CNC(=O)c1ccc(Cl)c(S(=O)(=O)Nc2cccc(C)c2C)c1. The van der Waals surface area contributed by atoms with Gasteiger partial charge in [-0.15, -0.1) is 0 Å². The summed E-state index contributed by atoms with van der Waals surface area (Å²) in [5.41, 5.74) is 4.53. The summed E-state index contributed by atoms with van der Waals surface area (Å²) < 4.78 is 28.5. The topological polar surface area (TPSA) is 75.3 Å². The number of hydrogen-bond donors (Lipinski definition) is 2. The minimum Gasteiger partial charge on any atom is -0.348 e. The predicted octanol–water partition coefficient (Wildman–Crippen LogP) is 5.00. The summed E-state index contributed by atoms with van der Waals surface area (Å²) >= 11 is 6.17. The van der Waals surface area contributed by atoms with Crippen molar-refractivity contribution in [1.82, 2.24) is 5.32 Å². The molecule has 0 unspecified atom stereocenters. The van der Waals surface area contributed by atoms with E-state index in [1.807, 2.05) is 51.1 Å². The highest BCUT2D eigenvalue weighted by atomic mass is 35.5. The molecule has 0 aliphatic carbocycles. The van der Waals surface area contributed by atoms with Crippen LogP contribution in [0.15, 0.2) is 65.6 Å². The van der Waals surface area contributed by atoms with Crippen LogP contribution in [0.4, 0.5) is 5.69 Å². The van der Waals surface area contributed by atoms with E-state index in [2.05, 4.69) is 10.0 Å². The molecule has 0 aromatic heterocycles. The fourth-order valence-corrected chi connectivity index (χ4v) is 4.65. The molecule has 0 saturated carbocycles. The molecule has 0 bridgehead atoms. The van der Waals surface area contributed by atoms with Crippen LogP contribution in [-0.4, -0.2) is 14.3 Å². The number of aryl methyl sites for hydroxylation is 2. The van der Waals surface area contributed by atoms with Gasteiger partial charge in [-0.3, -0.25) is 9.52 Å². The molecule has 5 nitrogen and oxygen atoms in total. The fourth-order valence-electron chi connectivity index (χ4n) is 3.00. The van der Waals surface area contributed by atoms with Gasteiger partial charge in [0.1, 0.15) is 4.90 Å². The van der Waals surface area contributed by atoms with Gasteiger partial charge < -0.3 is 5.32 Å². The molecule has 0 heterocycles. The van der Waals surface area contributed by atoms with Crippen LogP contribution in [0.2, 0.25) is 5.02 Å². The molecular weight excluding hydrogens is 420 g/mol. The van der Waals surface area contributed by atoms with Crippen LogP contribution in [0.25, 0.3) is 0 Å². The number of halogens is 1. The molecule has 0 atom stereocenters. The minimum absolute atomic E-state index is 0.0447. The van der Waals surface area contributed by atoms with Gasteiger partial charge >= 0.3 is 0 Å².